The number of aliphatic hydroxyl groups excluding tert-OH is 1. The molecule has 0 radical (unpaired) electrons. The van der Waals surface area contributed by atoms with Gasteiger partial charge in [0, 0.05) is 19.7 Å². The second-order valence-corrected chi connectivity index (χ2v) is 7.68. The number of rotatable bonds is 5. The summed E-state index contributed by atoms with van der Waals surface area (Å²) < 4.78 is 22.1. The quantitative estimate of drug-likeness (QED) is 0.639. The largest absolute Gasteiger partial charge is 0.495 e. The molecule has 2 atom stereocenters. The van der Waals surface area contributed by atoms with E-state index >= 15 is 0 Å². The van der Waals surface area contributed by atoms with E-state index in [1.807, 2.05) is 42.0 Å². The Labute approximate surface area is 180 Å². The number of amides is 1. The van der Waals surface area contributed by atoms with Crippen LogP contribution in [0.15, 0.2) is 60.8 Å². The summed E-state index contributed by atoms with van der Waals surface area (Å²) in [5.41, 5.74) is 3.93. The van der Waals surface area contributed by atoms with Gasteiger partial charge in [0.25, 0.3) is 5.91 Å². The molecule has 7 heteroatoms. The molecule has 0 bridgehead atoms. The molecule has 6 nitrogen and oxygen atoms in total. The highest BCUT2D eigenvalue weighted by Crippen LogP contribution is 2.36. The number of carbonyl (C=O) groups excluding carboxylic acids is 1. The monoisotopic (exact) mass is 421 g/mol. The number of fused-ring (bicyclic) bond motifs is 1. The van der Waals surface area contributed by atoms with E-state index in [9.17, 15) is 14.3 Å². The predicted molar refractivity (Wildman–Crippen MR) is 116 cm³/mol. The van der Waals surface area contributed by atoms with E-state index < -0.39 is 23.9 Å². The SMILES string of the molecule is COc1cc(/C=C(/F)C(=O)N(C)[C@@H]2c3ccccc3C[C@@H]2O)ccc1-n1cnc(C)c1. The number of aliphatic hydroxyl groups is 1. The Morgan fingerprint density at radius 1 is 1.32 bits per heavy atom. The van der Waals surface area contributed by atoms with E-state index in [-0.39, 0.29) is 0 Å². The minimum Gasteiger partial charge on any atom is -0.495 e. The minimum absolute atomic E-state index is 0.441. The molecule has 31 heavy (non-hydrogen) atoms. The second kappa shape index (κ2) is 8.35. The Balaban J connectivity index is 1.58. The van der Waals surface area contributed by atoms with Gasteiger partial charge in [-0.15, -0.1) is 0 Å². The molecule has 1 heterocycles. The number of ether oxygens (including phenoxy) is 1. The number of imidazole rings is 1. The highest BCUT2D eigenvalue weighted by molar-refractivity contribution is 5.96. The topological polar surface area (TPSA) is 67.6 Å². The van der Waals surface area contributed by atoms with E-state index in [4.69, 9.17) is 4.74 Å². The molecule has 0 spiro atoms. The van der Waals surface area contributed by atoms with E-state index in [0.717, 1.165) is 22.5 Å². The first-order chi connectivity index (χ1) is 14.9. The van der Waals surface area contributed by atoms with Crippen LogP contribution in [0.25, 0.3) is 11.8 Å². The van der Waals surface area contributed by atoms with Gasteiger partial charge in [-0.1, -0.05) is 30.3 Å². The van der Waals surface area contributed by atoms with E-state index in [1.54, 1.807) is 24.5 Å². The van der Waals surface area contributed by atoms with Crippen LogP contribution in [-0.2, 0) is 11.2 Å². The van der Waals surface area contributed by atoms with Crippen LogP contribution >= 0.6 is 0 Å². The molecule has 0 saturated carbocycles. The fourth-order valence-electron chi connectivity index (χ4n) is 4.07. The third-order valence-corrected chi connectivity index (χ3v) is 5.60. The summed E-state index contributed by atoms with van der Waals surface area (Å²) in [4.78, 5) is 18.2. The van der Waals surface area contributed by atoms with Crippen molar-refractivity contribution >= 4 is 12.0 Å². The zero-order valence-electron chi connectivity index (χ0n) is 17.6. The predicted octanol–water partition coefficient (Wildman–Crippen LogP) is 3.62. The summed E-state index contributed by atoms with van der Waals surface area (Å²) in [5.74, 6) is -1.17. The molecular weight excluding hydrogens is 397 g/mol. The first kappa shape index (κ1) is 20.8. The van der Waals surface area contributed by atoms with Gasteiger partial charge in [-0.2, -0.15) is 0 Å². The van der Waals surface area contributed by atoms with Crippen molar-refractivity contribution in [1.82, 2.24) is 14.5 Å². The zero-order chi connectivity index (χ0) is 22.1. The molecule has 0 saturated heterocycles. The van der Waals surface area contributed by atoms with Gasteiger partial charge in [0.05, 0.1) is 37.0 Å². The summed E-state index contributed by atoms with van der Waals surface area (Å²) in [7, 11) is 3.04. The number of likely N-dealkylation sites (N-methyl/N-ethyl adjacent to an activating group) is 1. The summed E-state index contributed by atoms with van der Waals surface area (Å²) in [6.07, 6.45) is 4.38. The van der Waals surface area contributed by atoms with Gasteiger partial charge in [0.15, 0.2) is 5.83 Å². The molecule has 2 aromatic carbocycles. The van der Waals surface area contributed by atoms with Crippen molar-refractivity contribution in [3.63, 3.8) is 0 Å². The third kappa shape index (κ3) is 3.96. The number of nitrogens with zero attached hydrogens (tertiary/aromatic N) is 3. The Bertz CT molecular complexity index is 1150. The van der Waals surface area contributed by atoms with Gasteiger partial charge in [0.1, 0.15) is 5.75 Å². The number of halogens is 1. The number of methoxy groups -OCH3 is 1. The van der Waals surface area contributed by atoms with Crippen molar-refractivity contribution in [3.8, 4) is 11.4 Å². The normalized spacial score (nSPS) is 18.0. The Hall–Kier alpha value is -3.45. The molecule has 1 aliphatic carbocycles. The minimum atomic E-state index is -0.910. The Morgan fingerprint density at radius 3 is 2.81 bits per heavy atom. The molecule has 1 aromatic heterocycles. The number of aryl methyl sites for hydroxylation is 1. The second-order valence-electron chi connectivity index (χ2n) is 7.68. The van der Waals surface area contributed by atoms with Crippen molar-refractivity contribution in [2.45, 2.75) is 25.5 Å². The van der Waals surface area contributed by atoms with Crippen molar-refractivity contribution in [2.24, 2.45) is 0 Å². The fourth-order valence-corrected chi connectivity index (χ4v) is 4.07. The van der Waals surface area contributed by atoms with Crippen LogP contribution < -0.4 is 4.74 Å². The lowest BCUT2D eigenvalue weighted by Gasteiger charge is -2.27. The molecule has 1 N–H and O–H groups in total. The van der Waals surface area contributed by atoms with Crippen LogP contribution in [0.3, 0.4) is 0 Å². The average Bonchev–Trinajstić information content (AvgIpc) is 3.34. The van der Waals surface area contributed by atoms with Gasteiger partial charge in [-0.3, -0.25) is 4.79 Å². The summed E-state index contributed by atoms with van der Waals surface area (Å²) in [6.45, 7) is 1.89. The number of aromatic nitrogens is 2. The maximum absolute atomic E-state index is 14.9. The lowest BCUT2D eigenvalue weighted by atomic mass is 10.1. The fraction of sp³-hybridized carbons (Fsp3) is 0.250. The third-order valence-electron chi connectivity index (χ3n) is 5.60. The van der Waals surface area contributed by atoms with Crippen molar-refractivity contribution in [2.75, 3.05) is 14.2 Å². The zero-order valence-corrected chi connectivity index (χ0v) is 17.6. The molecule has 1 amide bonds. The van der Waals surface area contributed by atoms with Gasteiger partial charge in [-0.05, 0) is 41.8 Å². The lowest BCUT2D eigenvalue weighted by molar-refractivity contribution is -0.131. The maximum Gasteiger partial charge on any atom is 0.282 e. The highest BCUT2D eigenvalue weighted by Gasteiger charge is 2.36. The Kier molecular flexibility index (Phi) is 5.61. The number of hydrogen-bond acceptors (Lipinski definition) is 4. The molecule has 4 rings (SSSR count). The van der Waals surface area contributed by atoms with Gasteiger partial charge in [0.2, 0.25) is 0 Å². The van der Waals surface area contributed by atoms with Gasteiger partial charge < -0.3 is 19.3 Å². The van der Waals surface area contributed by atoms with E-state index in [0.29, 0.717) is 17.7 Å². The van der Waals surface area contributed by atoms with Crippen molar-refractivity contribution < 1.29 is 19.0 Å². The van der Waals surface area contributed by atoms with Crippen molar-refractivity contribution in [1.29, 1.82) is 0 Å². The number of carbonyl (C=O) groups is 1. The van der Waals surface area contributed by atoms with Crippen LogP contribution in [0.5, 0.6) is 5.75 Å². The Morgan fingerprint density at radius 2 is 2.10 bits per heavy atom. The summed E-state index contributed by atoms with van der Waals surface area (Å²) in [5, 5.41) is 10.5. The van der Waals surface area contributed by atoms with E-state index in [1.165, 1.54) is 25.1 Å². The van der Waals surface area contributed by atoms with Crippen LogP contribution in [0.1, 0.15) is 28.4 Å². The summed E-state index contributed by atoms with van der Waals surface area (Å²) >= 11 is 0. The van der Waals surface area contributed by atoms with Crippen LogP contribution in [0.4, 0.5) is 4.39 Å². The molecule has 3 aromatic rings. The first-order valence-electron chi connectivity index (χ1n) is 9.98. The summed E-state index contributed by atoms with van der Waals surface area (Å²) in [6, 6.07) is 12.1. The number of hydrogen-bond donors (Lipinski definition) is 1. The molecule has 0 fully saturated rings. The molecule has 160 valence electrons. The van der Waals surface area contributed by atoms with Crippen LogP contribution in [0.2, 0.25) is 0 Å². The van der Waals surface area contributed by atoms with Gasteiger partial charge >= 0.3 is 0 Å². The smallest absolute Gasteiger partial charge is 0.282 e. The average molecular weight is 421 g/mol. The first-order valence-corrected chi connectivity index (χ1v) is 9.98. The van der Waals surface area contributed by atoms with Crippen molar-refractivity contribution in [3.05, 3.63) is 83.2 Å². The molecule has 0 aliphatic heterocycles. The molecule has 0 unspecified atom stereocenters. The molecular formula is C24H24FN3O3. The number of benzene rings is 2. The molecule has 1 aliphatic rings. The maximum atomic E-state index is 14.9. The van der Waals surface area contributed by atoms with Crippen LogP contribution in [0, 0.1) is 6.92 Å². The van der Waals surface area contributed by atoms with E-state index in [2.05, 4.69) is 4.98 Å². The van der Waals surface area contributed by atoms with Gasteiger partial charge in [-0.25, -0.2) is 9.37 Å². The van der Waals surface area contributed by atoms with Crippen LogP contribution in [-0.4, -0.2) is 45.7 Å². The standard InChI is InChI=1S/C24H24FN3O3/c1-15-13-28(14-26-15)20-9-8-16(11-22(20)31-3)10-19(25)24(30)27(2)23-18-7-5-4-6-17(18)12-21(23)29/h4-11,13-14,21,23,29H,12H2,1-3H3/b19-10+/t21-,23+/m0/s1. The lowest BCUT2D eigenvalue weighted by Crippen LogP contribution is -2.36. The highest BCUT2D eigenvalue weighted by atomic mass is 19.1.